The van der Waals surface area contributed by atoms with Crippen LogP contribution in [-0.2, 0) is 13.1 Å². The standard InChI is InChI=1S/C24H33N4OP/c1-23(2,3)30(24(4,5)6)29-21-14-12-18-11-13-20(26-22(18)27-21)17-28(7)16-19-10-8-9-15-25-19/h8-15H,16-17H2,1-7H3. The van der Waals surface area contributed by atoms with Crippen LogP contribution in [0.1, 0.15) is 52.9 Å². The SMILES string of the molecule is CN(Cc1ccccn1)Cc1ccc2ccc(OP(C(C)(C)C)C(C)(C)C)nc2n1. The summed E-state index contributed by atoms with van der Waals surface area (Å²) in [5.41, 5.74) is 2.76. The zero-order valence-electron chi connectivity index (χ0n) is 19.2. The topological polar surface area (TPSA) is 51.1 Å². The van der Waals surface area contributed by atoms with Crippen molar-refractivity contribution in [3.05, 3.63) is 60.0 Å². The molecule has 6 heteroatoms. The lowest BCUT2D eigenvalue weighted by Gasteiger charge is -2.39. The smallest absolute Gasteiger partial charge is 0.218 e. The van der Waals surface area contributed by atoms with Gasteiger partial charge in [-0.2, -0.15) is 4.98 Å². The first-order valence-corrected chi connectivity index (χ1v) is 11.6. The first-order valence-electron chi connectivity index (χ1n) is 10.4. The number of rotatable bonds is 6. The van der Waals surface area contributed by atoms with Gasteiger partial charge in [0, 0.05) is 41.1 Å². The van der Waals surface area contributed by atoms with E-state index in [-0.39, 0.29) is 10.3 Å². The molecule has 0 amide bonds. The fraction of sp³-hybridized carbons (Fsp3) is 0.458. The Morgan fingerprint density at radius 3 is 2.13 bits per heavy atom. The van der Waals surface area contributed by atoms with Crippen LogP contribution >= 0.6 is 8.15 Å². The molecule has 30 heavy (non-hydrogen) atoms. The summed E-state index contributed by atoms with van der Waals surface area (Å²) < 4.78 is 6.45. The van der Waals surface area contributed by atoms with Gasteiger partial charge in [0.15, 0.2) is 5.65 Å². The lowest BCUT2D eigenvalue weighted by Crippen LogP contribution is -2.27. The average Bonchev–Trinajstić information content (AvgIpc) is 2.64. The van der Waals surface area contributed by atoms with E-state index < -0.39 is 8.15 Å². The fourth-order valence-electron chi connectivity index (χ4n) is 3.63. The predicted molar refractivity (Wildman–Crippen MR) is 126 cm³/mol. The molecule has 3 heterocycles. The minimum atomic E-state index is -0.730. The van der Waals surface area contributed by atoms with Crippen molar-refractivity contribution in [2.45, 2.75) is 64.9 Å². The molecule has 0 saturated heterocycles. The third kappa shape index (κ3) is 5.96. The van der Waals surface area contributed by atoms with Crippen LogP contribution in [0.5, 0.6) is 5.88 Å². The van der Waals surface area contributed by atoms with Gasteiger partial charge in [0.2, 0.25) is 5.88 Å². The zero-order valence-corrected chi connectivity index (χ0v) is 20.1. The quantitative estimate of drug-likeness (QED) is 0.452. The summed E-state index contributed by atoms with van der Waals surface area (Å²) in [5.74, 6) is 0.657. The van der Waals surface area contributed by atoms with Gasteiger partial charge in [-0.3, -0.25) is 9.88 Å². The van der Waals surface area contributed by atoms with Crippen LogP contribution in [-0.4, -0.2) is 37.2 Å². The number of hydrogen-bond donors (Lipinski definition) is 0. The molecule has 0 aliphatic rings. The molecule has 0 radical (unpaired) electrons. The number of nitrogens with zero attached hydrogens (tertiary/aromatic N) is 4. The molecule has 0 N–H and O–H groups in total. The molecule has 0 aliphatic carbocycles. The Hall–Kier alpha value is -2.10. The molecule has 3 aromatic rings. The van der Waals surface area contributed by atoms with Gasteiger partial charge in [0.05, 0.1) is 11.4 Å². The van der Waals surface area contributed by atoms with Gasteiger partial charge < -0.3 is 4.52 Å². The third-order valence-corrected chi connectivity index (χ3v) is 7.38. The molecule has 0 fully saturated rings. The number of fused-ring (bicyclic) bond motifs is 1. The van der Waals surface area contributed by atoms with E-state index in [1.165, 1.54) is 0 Å². The summed E-state index contributed by atoms with van der Waals surface area (Å²) in [4.78, 5) is 16.2. The highest BCUT2D eigenvalue weighted by Gasteiger charge is 2.38. The van der Waals surface area contributed by atoms with Crippen molar-refractivity contribution in [2.75, 3.05) is 7.05 Å². The van der Waals surface area contributed by atoms with Crippen molar-refractivity contribution in [3.8, 4) is 5.88 Å². The first-order chi connectivity index (χ1) is 14.0. The Kier molecular flexibility index (Phi) is 6.74. The van der Waals surface area contributed by atoms with Crippen LogP contribution in [0.25, 0.3) is 11.0 Å². The van der Waals surface area contributed by atoms with Crippen molar-refractivity contribution in [1.29, 1.82) is 0 Å². The average molecular weight is 425 g/mol. The van der Waals surface area contributed by atoms with Crippen LogP contribution < -0.4 is 4.52 Å². The largest absolute Gasteiger partial charge is 0.456 e. The van der Waals surface area contributed by atoms with Crippen molar-refractivity contribution < 1.29 is 4.52 Å². The molecule has 0 saturated carbocycles. The van der Waals surface area contributed by atoms with Crippen molar-refractivity contribution in [3.63, 3.8) is 0 Å². The van der Waals surface area contributed by atoms with Gasteiger partial charge in [-0.25, -0.2) is 4.98 Å². The zero-order chi connectivity index (χ0) is 21.9. The Morgan fingerprint density at radius 1 is 0.833 bits per heavy atom. The van der Waals surface area contributed by atoms with Crippen molar-refractivity contribution >= 4 is 19.2 Å². The summed E-state index contributed by atoms with van der Waals surface area (Å²) in [6.07, 6.45) is 1.83. The van der Waals surface area contributed by atoms with Gasteiger partial charge in [-0.15, -0.1) is 0 Å². The van der Waals surface area contributed by atoms with E-state index in [4.69, 9.17) is 14.5 Å². The summed E-state index contributed by atoms with van der Waals surface area (Å²) in [7, 11) is 1.35. The van der Waals surface area contributed by atoms with Crippen LogP contribution in [0, 0.1) is 0 Å². The van der Waals surface area contributed by atoms with Gasteiger partial charge in [0.1, 0.15) is 8.15 Å². The molecule has 0 aliphatic heterocycles. The molecule has 0 unspecified atom stereocenters. The summed E-state index contributed by atoms with van der Waals surface area (Å²) in [6.45, 7) is 14.9. The van der Waals surface area contributed by atoms with Crippen molar-refractivity contribution in [1.82, 2.24) is 19.9 Å². The molecular formula is C24H33N4OP. The maximum absolute atomic E-state index is 6.45. The molecule has 0 aromatic carbocycles. The second-order valence-electron chi connectivity index (χ2n) is 9.72. The van der Waals surface area contributed by atoms with E-state index in [9.17, 15) is 0 Å². The van der Waals surface area contributed by atoms with Crippen LogP contribution in [0.3, 0.4) is 0 Å². The summed E-state index contributed by atoms with van der Waals surface area (Å²) in [6, 6.07) is 14.1. The maximum Gasteiger partial charge on any atom is 0.218 e. The highest BCUT2D eigenvalue weighted by atomic mass is 31.1. The molecule has 3 aromatic heterocycles. The Bertz CT molecular complexity index is 966. The molecule has 5 nitrogen and oxygen atoms in total. The predicted octanol–water partition coefficient (Wildman–Crippen LogP) is 6.03. The van der Waals surface area contributed by atoms with E-state index in [1.54, 1.807) is 0 Å². The first kappa shape index (κ1) is 22.6. The monoisotopic (exact) mass is 424 g/mol. The minimum Gasteiger partial charge on any atom is -0.456 e. The lowest BCUT2D eigenvalue weighted by atomic mass is 10.2. The fourth-order valence-corrected chi connectivity index (χ4v) is 6.48. The number of pyridine rings is 3. The second-order valence-corrected chi connectivity index (χ2v) is 13.2. The van der Waals surface area contributed by atoms with E-state index in [1.807, 2.05) is 36.5 Å². The number of aromatic nitrogens is 3. The normalized spacial score (nSPS) is 12.7. The summed E-state index contributed by atoms with van der Waals surface area (Å²) in [5, 5.41) is 1.15. The maximum atomic E-state index is 6.45. The van der Waals surface area contributed by atoms with Crippen LogP contribution in [0.4, 0.5) is 0 Å². The highest BCUT2D eigenvalue weighted by Crippen LogP contribution is 2.59. The summed E-state index contributed by atoms with van der Waals surface area (Å²) >= 11 is 0. The van der Waals surface area contributed by atoms with Crippen LogP contribution in [0.2, 0.25) is 0 Å². The Labute approximate surface area is 181 Å². The molecule has 0 atom stereocenters. The van der Waals surface area contributed by atoms with Gasteiger partial charge in [-0.05, 0) is 37.4 Å². The third-order valence-electron chi connectivity index (χ3n) is 4.58. The molecule has 160 valence electrons. The lowest BCUT2D eigenvalue weighted by molar-refractivity contribution is 0.311. The van der Waals surface area contributed by atoms with E-state index in [0.717, 1.165) is 35.5 Å². The van der Waals surface area contributed by atoms with Crippen molar-refractivity contribution in [2.24, 2.45) is 0 Å². The van der Waals surface area contributed by atoms with Crippen LogP contribution in [0.15, 0.2) is 48.7 Å². The molecular weight excluding hydrogens is 391 g/mol. The number of hydrogen-bond acceptors (Lipinski definition) is 5. The van der Waals surface area contributed by atoms with Gasteiger partial charge in [0.25, 0.3) is 0 Å². The van der Waals surface area contributed by atoms with Gasteiger partial charge in [-0.1, -0.05) is 47.6 Å². The molecule has 0 bridgehead atoms. The second kappa shape index (κ2) is 8.95. The highest BCUT2D eigenvalue weighted by molar-refractivity contribution is 7.56. The Morgan fingerprint density at radius 2 is 1.50 bits per heavy atom. The molecule has 3 rings (SSSR count). The van der Waals surface area contributed by atoms with E-state index >= 15 is 0 Å². The minimum absolute atomic E-state index is 0.0632. The van der Waals surface area contributed by atoms with Gasteiger partial charge >= 0.3 is 0 Å². The Balaban J connectivity index is 1.78. The van der Waals surface area contributed by atoms with E-state index in [2.05, 4.69) is 70.6 Å². The van der Waals surface area contributed by atoms with E-state index in [0.29, 0.717) is 5.88 Å². The molecule has 0 spiro atoms.